The van der Waals surface area contributed by atoms with Gasteiger partial charge in [-0.05, 0) is 42.1 Å². The zero-order chi connectivity index (χ0) is 17.4. The lowest BCUT2D eigenvalue weighted by molar-refractivity contribution is -0.121. The van der Waals surface area contributed by atoms with E-state index in [1.807, 2.05) is 5.38 Å². The predicted molar refractivity (Wildman–Crippen MR) is 90.8 cm³/mol. The Balaban J connectivity index is 1.61. The van der Waals surface area contributed by atoms with Gasteiger partial charge in [0.15, 0.2) is 0 Å². The van der Waals surface area contributed by atoms with Crippen molar-refractivity contribution in [1.82, 2.24) is 10.2 Å². The van der Waals surface area contributed by atoms with Crippen LogP contribution in [-0.4, -0.2) is 43.5 Å². The molecule has 0 radical (unpaired) electrons. The first-order chi connectivity index (χ1) is 11.6. The van der Waals surface area contributed by atoms with Crippen molar-refractivity contribution >= 4 is 23.2 Å². The monoisotopic (exact) mass is 350 g/mol. The van der Waals surface area contributed by atoms with Crippen LogP contribution in [0, 0.1) is 5.82 Å². The first-order valence-corrected chi connectivity index (χ1v) is 8.38. The number of amides is 2. The van der Waals surface area contributed by atoms with Gasteiger partial charge in [0.1, 0.15) is 11.6 Å². The summed E-state index contributed by atoms with van der Waals surface area (Å²) in [6.07, 6.45) is 0.617. The molecule has 2 amide bonds. The molecule has 2 aromatic rings. The highest BCUT2D eigenvalue weighted by Gasteiger charge is 2.15. The van der Waals surface area contributed by atoms with Gasteiger partial charge in [-0.2, -0.15) is 0 Å². The van der Waals surface area contributed by atoms with Crippen LogP contribution in [-0.2, 0) is 4.79 Å². The number of thiophene rings is 1. The fraction of sp³-hybridized carbons (Fsp3) is 0.294. The number of hydrogen-bond donors (Lipinski definition) is 1. The highest BCUT2D eigenvalue weighted by atomic mass is 32.1. The van der Waals surface area contributed by atoms with Gasteiger partial charge in [0.25, 0.3) is 5.91 Å². The Morgan fingerprint density at radius 2 is 2.00 bits per heavy atom. The Bertz CT molecular complexity index is 659. The molecule has 128 valence electrons. The number of rotatable bonds is 8. The molecule has 0 atom stereocenters. The number of halogens is 1. The van der Waals surface area contributed by atoms with Crippen LogP contribution < -0.4 is 10.1 Å². The van der Waals surface area contributed by atoms with E-state index in [2.05, 4.69) is 5.32 Å². The number of ether oxygens (including phenoxy) is 1. The summed E-state index contributed by atoms with van der Waals surface area (Å²) in [6, 6.07) is 9.30. The van der Waals surface area contributed by atoms with Crippen molar-refractivity contribution in [2.45, 2.75) is 6.42 Å². The molecule has 0 aliphatic rings. The molecular weight excluding hydrogens is 331 g/mol. The topological polar surface area (TPSA) is 58.6 Å². The van der Waals surface area contributed by atoms with Gasteiger partial charge in [-0.1, -0.05) is 6.07 Å². The second kappa shape index (κ2) is 9.02. The average molecular weight is 350 g/mol. The number of carbonyl (C=O) groups excluding carboxylic acids is 2. The Kier molecular flexibility index (Phi) is 6.74. The minimum Gasteiger partial charge on any atom is -0.494 e. The van der Waals surface area contributed by atoms with Crippen LogP contribution in [0.15, 0.2) is 41.8 Å². The molecule has 24 heavy (non-hydrogen) atoms. The van der Waals surface area contributed by atoms with Crippen LogP contribution >= 0.6 is 11.3 Å². The van der Waals surface area contributed by atoms with E-state index in [-0.39, 0.29) is 24.2 Å². The first-order valence-electron chi connectivity index (χ1n) is 7.50. The minimum absolute atomic E-state index is 0.00948. The van der Waals surface area contributed by atoms with Gasteiger partial charge < -0.3 is 15.0 Å². The van der Waals surface area contributed by atoms with Gasteiger partial charge in [0, 0.05) is 13.6 Å². The zero-order valence-electron chi connectivity index (χ0n) is 13.3. The molecule has 2 rings (SSSR count). The second-order valence-corrected chi connectivity index (χ2v) is 6.09. The van der Waals surface area contributed by atoms with Crippen molar-refractivity contribution in [3.63, 3.8) is 0 Å². The van der Waals surface area contributed by atoms with E-state index in [9.17, 15) is 14.0 Å². The smallest absolute Gasteiger partial charge is 0.264 e. The predicted octanol–water partition coefficient (Wildman–Crippen LogP) is 2.54. The number of benzene rings is 1. The molecule has 0 saturated carbocycles. The van der Waals surface area contributed by atoms with Crippen LogP contribution in [0.25, 0.3) is 0 Å². The van der Waals surface area contributed by atoms with Crippen molar-refractivity contribution in [3.05, 3.63) is 52.5 Å². The van der Waals surface area contributed by atoms with E-state index in [4.69, 9.17) is 4.74 Å². The largest absolute Gasteiger partial charge is 0.494 e. The van der Waals surface area contributed by atoms with Crippen molar-refractivity contribution in [3.8, 4) is 5.75 Å². The number of likely N-dealkylation sites (N-methyl/N-ethyl adjacent to an activating group) is 1. The molecule has 1 aromatic carbocycles. The lowest BCUT2D eigenvalue weighted by Crippen LogP contribution is -2.38. The van der Waals surface area contributed by atoms with E-state index in [1.165, 1.54) is 28.4 Å². The Morgan fingerprint density at radius 1 is 1.25 bits per heavy atom. The molecule has 1 aromatic heterocycles. The zero-order valence-corrected chi connectivity index (χ0v) is 14.1. The van der Waals surface area contributed by atoms with Gasteiger partial charge in [0.2, 0.25) is 5.91 Å². The second-order valence-electron chi connectivity index (χ2n) is 5.14. The SMILES string of the molecule is CN(CC(=O)NCCCOc1ccc(F)cc1)C(=O)c1cccs1. The number of hydrogen-bond acceptors (Lipinski definition) is 4. The molecule has 0 fully saturated rings. The average Bonchev–Trinajstić information content (AvgIpc) is 3.10. The third-order valence-electron chi connectivity index (χ3n) is 3.19. The van der Waals surface area contributed by atoms with E-state index in [0.29, 0.717) is 30.2 Å². The lowest BCUT2D eigenvalue weighted by Gasteiger charge is -2.15. The van der Waals surface area contributed by atoms with E-state index in [0.717, 1.165) is 0 Å². The summed E-state index contributed by atoms with van der Waals surface area (Å²) in [5, 5.41) is 4.56. The fourth-order valence-corrected chi connectivity index (χ4v) is 2.67. The number of nitrogens with one attached hydrogen (secondary N) is 1. The number of nitrogens with zero attached hydrogens (tertiary/aromatic N) is 1. The lowest BCUT2D eigenvalue weighted by atomic mass is 10.3. The summed E-state index contributed by atoms with van der Waals surface area (Å²) in [7, 11) is 1.60. The Labute approximate surface area is 144 Å². The van der Waals surface area contributed by atoms with Crippen LogP contribution in [0.5, 0.6) is 5.75 Å². The summed E-state index contributed by atoms with van der Waals surface area (Å²) in [6.45, 7) is 0.868. The van der Waals surface area contributed by atoms with Gasteiger partial charge >= 0.3 is 0 Å². The fourth-order valence-electron chi connectivity index (χ4n) is 1.95. The van der Waals surface area contributed by atoms with Crippen LogP contribution in [0.4, 0.5) is 4.39 Å². The highest BCUT2D eigenvalue weighted by Crippen LogP contribution is 2.11. The molecule has 5 nitrogen and oxygen atoms in total. The van der Waals surface area contributed by atoms with E-state index < -0.39 is 0 Å². The maximum absolute atomic E-state index is 12.7. The van der Waals surface area contributed by atoms with Gasteiger partial charge in [0.05, 0.1) is 18.0 Å². The molecule has 0 bridgehead atoms. The van der Waals surface area contributed by atoms with E-state index in [1.54, 1.807) is 31.3 Å². The maximum Gasteiger partial charge on any atom is 0.264 e. The molecule has 0 aliphatic carbocycles. The molecule has 0 spiro atoms. The summed E-state index contributed by atoms with van der Waals surface area (Å²) >= 11 is 1.35. The van der Waals surface area contributed by atoms with E-state index >= 15 is 0 Å². The van der Waals surface area contributed by atoms with Gasteiger partial charge in [-0.25, -0.2) is 4.39 Å². The standard InChI is InChI=1S/C17H19FN2O3S/c1-20(17(22)15-4-2-11-24-15)12-16(21)19-9-3-10-23-14-7-5-13(18)6-8-14/h2,4-8,11H,3,9-10,12H2,1H3,(H,19,21). The normalized spacial score (nSPS) is 10.2. The molecular formula is C17H19FN2O3S. The summed E-state index contributed by atoms with van der Waals surface area (Å²) in [5.74, 6) is -0.108. The molecule has 1 heterocycles. The van der Waals surface area contributed by atoms with Crippen LogP contribution in [0.1, 0.15) is 16.1 Å². The molecule has 0 aliphatic heterocycles. The maximum atomic E-state index is 12.7. The van der Waals surface area contributed by atoms with Crippen molar-refractivity contribution in [1.29, 1.82) is 0 Å². The van der Waals surface area contributed by atoms with Crippen molar-refractivity contribution < 1.29 is 18.7 Å². The minimum atomic E-state index is -0.309. The van der Waals surface area contributed by atoms with Gasteiger partial charge in [-0.3, -0.25) is 9.59 Å². The summed E-state index contributed by atoms with van der Waals surface area (Å²) in [4.78, 5) is 25.8. The highest BCUT2D eigenvalue weighted by molar-refractivity contribution is 7.12. The van der Waals surface area contributed by atoms with Crippen LogP contribution in [0.2, 0.25) is 0 Å². The number of carbonyl (C=O) groups is 2. The van der Waals surface area contributed by atoms with Crippen LogP contribution in [0.3, 0.4) is 0 Å². The van der Waals surface area contributed by atoms with Crippen molar-refractivity contribution in [2.24, 2.45) is 0 Å². The first kappa shape index (κ1) is 17.9. The Hall–Kier alpha value is -2.41. The third kappa shape index (κ3) is 5.66. The van der Waals surface area contributed by atoms with Gasteiger partial charge in [-0.15, -0.1) is 11.3 Å². The molecule has 0 unspecified atom stereocenters. The summed E-state index contributed by atoms with van der Waals surface area (Å²) < 4.78 is 18.2. The molecule has 1 N–H and O–H groups in total. The third-order valence-corrected chi connectivity index (χ3v) is 4.04. The molecule has 0 saturated heterocycles. The Morgan fingerprint density at radius 3 is 2.67 bits per heavy atom. The summed E-state index contributed by atoms with van der Waals surface area (Å²) in [5.41, 5.74) is 0. The molecule has 7 heteroatoms. The van der Waals surface area contributed by atoms with Crippen molar-refractivity contribution in [2.75, 3.05) is 26.7 Å². The quantitative estimate of drug-likeness (QED) is 0.745.